The number of ketones is 6. The summed E-state index contributed by atoms with van der Waals surface area (Å²) in [5, 5.41) is 1.84. The molecule has 12 nitrogen and oxygen atoms in total. The molecule has 4 atom stereocenters. The normalized spacial score (nSPS) is 26.4. The number of pyridine rings is 1. The predicted molar refractivity (Wildman–Crippen MR) is 243 cm³/mol. The number of aryl methyl sites for hydroxylation is 1. The molecule has 0 spiro atoms. The Morgan fingerprint density at radius 1 is 0.831 bits per heavy atom. The predicted octanol–water partition coefficient (Wildman–Crippen LogP) is 6.65. The lowest BCUT2D eigenvalue weighted by Crippen LogP contribution is -2.46. The molecule has 0 N–H and O–H groups in total. The summed E-state index contributed by atoms with van der Waals surface area (Å²) in [6, 6.07) is 1.89. The zero-order valence-corrected chi connectivity index (χ0v) is 38.4. The maximum absolute atomic E-state index is 12.5. The fourth-order valence-electron chi connectivity index (χ4n) is 9.65. The van der Waals surface area contributed by atoms with Gasteiger partial charge in [-0.15, -0.1) is 0 Å². The highest BCUT2D eigenvalue weighted by Gasteiger charge is 2.58. The Morgan fingerprint density at radius 2 is 1.57 bits per heavy atom. The summed E-state index contributed by atoms with van der Waals surface area (Å²) in [6.07, 6.45) is 23.6. The average Bonchev–Trinajstić information content (AvgIpc) is 3.48. The molecule has 65 heavy (non-hydrogen) atoms. The minimum absolute atomic E-state index is 0.00370. The highest BCUT2D eigenvalue weighted by atomic mass is 16.6. The van der Waals surface area contributed by atoms with Gasteiger partial charge in [0.25, 0.3) is 0 Å². The zero-order chi connectivity index (χ0) is 46.9. The van der Waals surface area contributed by atoms with Crippen molar-refractivity contribution in [1.82, 2.24) is 9.88 Å². The summed E-state index contributed by atoms with van der Waals surface area (Å²) in [5.41, 5.74) is 8.17. The van der Waals surface area contributed by atoms with Crippen molar-refractivity contribution in [2.24, 2.45) is 17.8 Å². The molecule has 4 unspecified atom stereocenters. The van der Waals surface area contributed by atoms with Gasteiger partial charge in [-0.3, -0.25) is 38.5 Å². The van der Waals surface area contributed by atoms with Gasteiger partial charge in [-0.1, -0.05) is 31.6 Å². The average molecular weight is 881 g/mol. The van der Waals surface area contributed by atoms with E-state index in [0.717, 1.165) is 87.4 Å². The van der Waals surface area contributed by atoms with Crippen LogP contribution in [0.4, 0.5) is 0 Å². The molecule has 3 aliphatic heterocycles. The maximum atomic E-state index is 12.5. The Bertz CT molecular complexity index is 2750. The van der Waals surface area contributed by atoms with Gasteiger partial charge >= 0.3 is 5.97 Å². The van der Waals surface area contributed by atoms with Gasteiger partial charge in [0.2, 0.25) is 5.78 Å². The van der Waals surface area contributed by atoms with Gasteiger partial charge < -0.3 is 19.1 Å². The number of methoxy groups -OCH3 is 1. The number of carbonyl (C=O) groups is 7. The van der Waals surface area contributed by atoms with E-state index in [1.807, 2.05) is 63.9 Å². The number of esters is 1. The molecule has 1 saturated heterocycles. The number of ether oxygens (including phenoxy) is 3. The second kappa shape index (κ2) is 18.9. The third-order valence-electron chi connectivity index (χ3n) is 13.3. The van der Waals surface area contributed by atoms with Crippen molar-refractivity contribution in [2.45, 2.75) is 105 Å². The number of aromatic nitrogens is 1. The Morgan fingerprint density at radius 3 is 2.31 bits per heavy atom. The van der Waals surface area contributed by atoms with E-state index in [1.165, 1.54) is 0 Å². The second-order valence-electron chi connectivity index (χ2n) is 18.3. The van der Waals surface area contributed by atoms with Crippen LogP contribution in [0.3, 0.4) is 0 Å². The molecule has 1 aromatic heterocycles. The largest absolute Gasteiger partial charge is 0.500 e. The van der Waals surface area contributed by atoms with Crippen LogP contribution in [0.2, 0.25) is 0 Å². The summed E-state index contributed by atoms with van der Waals surface area (Å²) in [5.74, 6) is 1.54. The first-order valence-electron chi connectivity index (χ1n) is 22.2. The van der Waals surface area contributed by atoms with Gasteiger partial charge in [0.15, 0.2) is 34.5 Å². The van der Waals surface area contributed by atoms with Crippen molar-refractivity contribution >= 4 is 52.5 Å². The zero-order valence-electron chi connectivity index (χ0n) is 38.4. The van der Waals surface area contributed by atoms with Crippen molar-refractivity contribution < 1.29 is 47.8 Å². The van der Waals surface area contributed by atoms with Crippen LogP contribution in [0.5, 0.6) is 0 Å². The van der Waals surface area contributed by atoms with Crippen LogP contribution < -0.4 is 10.4 Å². The number of rotatable bonds is 2. The molecule has 12 heteroatoms. The summed E-state index contributed by atoms with van der Waals surface area (Å²) in [4.78, 5) is 88.0. The number of hydrogen-bond acceptors (Lipinski definition) is 12. The van der Waals surface area contributed by atoms with E-state index in [0.29, 0.717) is 47.8 Å². The SMILES string of the molecule is CC1=C(C2=CC3=CC(=O)CCC3=CO2)C(=O)CC(C)C1.CC1=CC2=CC(=O)CC(=O)C2=CN1C.CC1C(=O)OC2(C)C(=O)C3=C(C=CCC3)CC12.COC1=c2cnc(C)cc2=CC(=O)C1. The van der Waals surface area contributed by atoms with Gasteiger partial charge in [0, 0.05) is 66.0 Å². The molecule has 4 heterocycles. The fourth-order valence-corrected chi connectivity index (χ4v) is 9.65. The Balaban J connectivity index is 0.000000131. The van der Waals surface area contributed by atoms with Gasteiger partial charge in [-0.25, -0.2) is 0 Å². The molecule has 0 amide bonds. The van der Waals surface area contributed by atoms with Crippen molar-refractivity contribution in [3.8, 4) is 0 Å². The third-order valence-corrected chi connectivity index (χ3v) is 13.3. The lowest BCUT2D eigenvalue weighted by molar-refractivity contribution is -0.157. The molecule has 0 saturated carbocycles. The standard InChI is InChI=1S/C17H18O3.C14H16O3.2C11H11NO2/c1-10-5-11(2)17(15(19)6-10)16-8-13-7-14(18)4-3-12(13)9-20-16;1-8-11-7-9-5-3-4-6-10(9)12(15)14(11,2)17-13(8)16;1-7-3-8-4-9(13)5-11(14-2)10(8)6-12-7;1-7-3-8-4-9(13)5-11(14)10(8)6-12(7)2/h7-10H,3-6H2,1-2H3;3,5,8,11H,4,6-7H2,1-2H3;2*3-4,6H,5H2,1-2H3. The Kier molecular flexibility index (Phi) is 13.5. The lowest BCUT2D eigenvalue weighted by atomic mass is 9.68. The van der Waals surface area contributed by atoms with Crippen LogP contribution in [0.25, 0.3) is 11.8 Å². The third kappa shape index (κ3) is 9.77. The van der Waals surface area contributed by atoms with Crippen LogP contribution in [0.15, 0.2) is 117 Å². The summed E-state index contributed by atoms with van der Waals surface area (Å²) < 4.78 is 16.2. The number of carbonyl (C=O) groups excluding carboxylic acids is 7. The molecule has 338 valence electrons. The second-order valence-corrected chi connectivity index (χ2v) is 18.3. The molecule has 1 aromatic rings. The highest BCUT2D eigenvalue weighted by Crippen LogP contribution is 2.48. The maximum Gasteiger partial charge on any atom is 0.310 e. The Hall–Kier alpha value is -6.56. The minimum Gasteiger partial charge on any atom is -0.500 e. The Labute approximate surface area is 379 Å². The van der Waals surface area contributed by atoms with Gasteiger partial charge in [-0.2, -0.15) is 0 Å². The smallest absolute Gasteiger partial charge is 0.310 e. The molecule has 9 aliphatic rings. The van der Waals surface area contributed by atoms with E-state index in [2.05, 4.69) is 18.0 Å². The van der Waals surface area contributed by atoms with E-state index in [-0.39, 0.29) is 58.9 Å². The molecule has 0 bridgehead atoms. The molecule has 6 aliphatic carbocycles. The summed E-state index contributed by atoms with van der Waals surface area (Å²) in [6.45, 7) is 11.6. The number of fused-ring (bicyclic) bond motifs is 4. The molecular formula is C53H56N2O10. The summed E-state index contributed by atoms with van der Waals surface area (Å²) in [7, 11) is 3.47. The van der Waals surface area contributed by atoms with Gasteiger partial charge in [0.05, 0.1) is 37.7 Å². The molecular weight excluding hydrogens is 825 g/mol. The first-order chi connectivity index (χ1) is 30.9. The van der Waals surface area contributed by atoms with Gasteiger partial charge in [-0.05, 0) is 130 Å². The van der Waals surface area contributed by atoms with E-state index < -0.39 is 5.60 Å². The first kappa shape index (κ1) is 46.4. The van der Waals surface area contributed by atoms with Crippen LogP contribution in [0, 0.1) is 24.7 Å². The topological polar surface area (TPSA) is 163 Å². The van der Waals surface area contributed by atoms with Crippen molar-refractivity contribution in [3.05, 3.63) is 133 Å². The van der Waals surface area contributed by atoms with Crippen molar-refractivity contribution in [1.29, 1.82) is 0 Å². The van der Waals surface area contributed by atoms with Gasteiger partial charge in [0.1, 0.15) is 11.5 Å². The van der Waals surface area contributed by atoms with E-state index in [1.54, 1.807) is 50.9 Å². The number of nitrogens with zero attached hydrogens (tertiary/aromatic N) is 2. The number of Topliss-reactive ketones (excluding diaryl/α,β-unsaturated/α-hetero) is 4. The summed E-state index contributed by atoms with van der Waals surface area (Å²) >= 11 is 0. The fraction of sp³-hybridized carbons (Fsp3) is 0.396. The monoisotopic (exact) mass is 880 g/mol. The number of hydrogen-bond donors (Lipinski definition) is 0. The minimum atomic E-state index is -0.902. The van der Waals surface area contributed by atoms with Crippen molar-refractivity contribution in [2.75, 3.05) is 14.2 Å². The van der Waals surface area contributed by atoms with Crippen molar-refractivity contribution in [3.63, 3.8) is 0 Å². The molecule has 0 radical (unpaired) electrons. The van der Waals surface area contributed by atoms with Crippen LogP contribution in [0.1, 0.15) is 98.1 Å². The van der Waals surface area contributed by atoms with Crippen LogP contribution >= 0.6 is 0 Å². The van der Waals surface area contributed by atoms with Crippen LogP contribution in [-0.4, -0.2) is 70.3 Å². The van der Waals surface area contributed by atoms with E-state index in [4.69, 9.17) is 14.2 Å². The highest BCUT2D eigenvalue weighted by molar-refractivity contribution is 6.18. The van der Waals surface area contributed by atoms with Crippen LogP contribution in [-0.2, 0) is 47.8 Å². The number of allylic oxidation sites excluding steroid dienone is 14. The quantitative estimate of drug-likeness (QED) is 0.230. The molecule has 0 aromatic carbocycles. The molecule has 10 rings (SSSR count). The van der Waals surface area contributed by atoms with E-state index >= 15 is 0 Å². The van der Waals surface area contributed by atoms with E-state index in [9.17, 15) is 33.6 Å². The molecule has 1 fully saturated rings. The lowest BCUT2D eigenvalue weighted by Gasteiger charge is -2.36. The first-order valence-corrected chi connectivity index (χ1v) is 22.2.